The van der Waals surface area contributed by atoms with Crippen LogP contribution < -0.4 is 14.8 Å². The highest BCUT2D eigenvalue weighted by Gasteiger charge is 2.34. The number of amides is 1. The summed E-state index contributed by atoms with van der Waals surface area (Å²) < 4.78 is 11.9. The van der Waals surface area contributed by atoms with Gasteiger partial charge in [0.1, 0.15) is 22.8 Å². The second-order valence-electron chi connectivity index (χ2n) is 6.59. The Morgan fingerprint density at radius 3 is 2.64 bits per heavy atom. The predicted octanol–water partition coefficient (Wildman–Crippen LogP) is 5.04. The number of benzene rings is 2. The molecule has 1 aliphatic rings. The van der Waals surface area contributed by atoms with Gasteiger partial charge in [0, 0.05) is 23.1 Å². The van der Waals surface area contributed by atoms with Gasteiger partial charge in [-0.25, -0.2) is 0 Å². The topological polar surface area (TPSA) is 47.6 Å². The SMILES string of the molecule is C=CC(=O)NC1CC(C)(C)Oc2cc(Oc3ccc(Cl)cc3)ccc21. The maximum atomic E-state index is 11.7. The summed E-state index contributed by atoms with van der Waals surface area (Å²) >= 11 is 5.89. The number of rotatable bonds is 4. The lowest BCUT2D eigenvalue weighted by atomic mass is 9.89. The van der Waals surface area contributed by atoms with E-state index >= 15 is 0 Å². The van der Waals surface area contributed by atoms with E-state index in [-0.39, 0.29) is 11.9 Å². The van der Waals surface area contributed by atoms with E-state index in [1.54, 1.807) is 24.3 Å². The lowest BCUT2D eigenvalue weighted by molar-refractivity contribution is -0.117. The molecular weight excluding hydrogens is 338 g/mol. The highest BCUT2D eigenvalue weighted by atomic mass is 35.5. The zero-order chi connectivity index (χ0) is 18.0. The van der Waals surface area contributed by atoms with Crippen LogP contribution in [0.15, 0.2) is 55.1 Å². The van der Waals surface area contributed by atoms with Crippen LogP contribution >= 0.6 is 11.6 Å². The molecule has 2 aromatic carbocycles. The van der Waals surface area contributed by atoms with Gasteiger partial charge in [-0.3, -0.25) is 4.79 Å². The van der Waals surface area contributed by atoms with Gasteiger partial charge >= 0.3 is 0 Å². The summed E-state index contributed by atoms with van der Waals surface area (Å²) in [6.07, 6.45) is 1.96. The van der Waals surface area contributed by atoms with E-state index in [9.17, 15) is 4.79 Å². The fourth-order valence-electron chi connectivity index (χ4n) is 2.89. The molecule has 1 amide bonds. The Morgan fingerprint density at radius 2 is 1.96 bits per heavy atom. The van der Waals surface area contributed by atoms with Crippen LogP contribution in [0, 0.1) is 0 Å². The first kappa shape index (κ1) is 17.4. The van der Waals surface area contributed by atoms with Crippen molar-refractivity contribution in [2.24, 2.45) is 0 Å². The molecule has 1 unspecified atom stereocenters. The van der Waals surface area contributed by atoms with Gasteiger partial charge in [-0.1, -0.05) is 18.2 Å². The van der Waals surface area contributed by atoms with Crippen molar-refractivity contribution in [3.05, 3.63) is 65.7 Å². The minimum absolute atomic E-state index is 0.131. The van der Waals surface area contributed by atoms with Gasteiger partial charge in [0.2, 0.25) is 5.91 Å². The van der Waals surface area contributed by atoms with Gasteiger partial charge < -0.3 is 14.8 Å². The number of halogens is 1. The smallest absolute Gasteiger partial charge is 0.243 e. The molecule has 2 aromatic rings. The summed E-state index contributed by atoms with van der Waals surface area (Å²) in [5, 5.41) is 3.62. The van der Waals surface area contributed by atoms with Crippen LogP contribution in [0.5, 0.6) is 17.2 Å². The minimum Gasteiger partial charge on any atom is -0.487 e. The quantitative estimate of drug-likeness (QED) is 0.780. The van der Waals surface area contributed by atoms with Crippen molar-refractivity contribution in [3.8, 4) is 17.2 Å². The molecule has 1 aliphatic heterocycles. The van der Waals surface area contributed by atoms with Crippen LogP contribution in [0.1, 0.15) is 31.9 Å². The molecule has 0 aromatic heterocycles. The zero-order valence-corrected chi connectivity index (χ0v) is 15.0. The lowest BCUT2D eigenvalue weighted by Crippen LogP contribution is -2.40. The maximum Gasteiger partial charge on any atom is 0.243 e. The van der Waals surface area contributed by atoms with E-state index in [1.807, 2.05) is 32.0 Å². The molecule has 0 aliphatic carbocycles. The molecule has 0 saturated carbocycles. The third kappa shape index (κ3) is 4.15. The number of fused-ring (bicyclic) bond motifs is 1. The molecule has 1 N–H and O–H groups in total. The maximum absolute atomic E-state index is 11.7. The average molecular weight is 358 g/mol. The van der Waals surface area contributed by atoms with Gasteiger partial charge in [0.15, 0.2) is 0 Å². The first-order chi connectivity index (χ1) is 11.9. The van der Waals surface area contributed by atoms with Crippen LogP contribution in [-0.2, 0) is 4.79 Å². The Kier molecular flexibility index (Phi) is 4.73. The van der Waals surface area contributed by atoms with Crippen molar-refractivity contribution in [2.75, 3.05) is 0 Å². The van der Waals surface area contributed by atoms with E-state index in [0.29, 0.717) is 28.7 Å². The van der Waals surface area contributed by atoms with Crippen molar-refractivity contribution in [1.82, 2.24) is 5.32 Å². The first-order valence-corrected chi connectivity index (χ1v) is 8.43. The molecule has 0 bridgehead atoms. The molecule has 4 nitrogen and oxygen atoms in total. The van der Waals surface area contributed by atoms with Crippen molar-refractivity contribution < 1.29 is 14.3 Å². The molecule has 0 saturated heterocycles. The Hall–Kier alpha value is -2.46. The normalized spacial score (nSPS) is 17.8. The Balaban J connectivity index is 1.88. The number of hydrogen-bond acceptors (Lipinski definition) is 3. The van der Waals surface area contributed by atoms with Crippen LogP contribution in [-0.4, -0.2) is 11.5 Å². The lowest BCUT2D eigenvalue weighted by Gasteiger charge is -2.37. The molecule has 130 valence electrons. The Labute approximate surface area is 152 Å². The standard InChI is InChI=1S/C20H20ClNO3/c1-4-19(23)22-17-12-20(2,3)25-18-11-15(9-10-16(17)18)24-14-7-5-13(21)6-8-14/h4-11,17H,1,12H2,2-3H3,(H,22,23). The summed E-state index contributed by atoms with van der Waals surface area (Å²) in [6, 6.07) is 12.7. The Morgan fingerprint density at radius 1 is 1.28 bits per heavy atom. The fraction of sp³-hybridized carbons (Fsp3) is 0.250. The van der Waals surface area contributed by atoms with Gasteiger partial charge in [-0.05, 0) is 56.3 Å². The van der Waals surface area contributed by atoms with Gasteiger partial charge in [-0.2, -0.15) is 0 Å². The average Bonchev–Trinajstić information content (AvgIpc) is 2.55. The highest BCUT2D eigenvalue weighted by molar-refractivity contribution is 6.30. The van der Waals surface area contributed by atoms with Crippen LogP contribution in [0.25, 0.3) is 0 Å². The van der Waals surface area contributed by atoms with E-state index in [0.717, 1.165) is 5.56 Å². The summed E-state index contributed by atoms with van der Waals surface area (Å²) in [6.45, 7) is 7.50. The van der Waals surface area contributed by atoms with Crippen LogP contribution in [0.3, 0.4) is 0 Å². The van der Waals surface area contributed by atoms with Gasteiger partial charge in [0.05, 0.1) is 6.04 Å². The summed E-state index contributed by atoms with van der Waals surface area (Å²) in [5.74, 6) is 1.86. The minimum atomic E-state index is -0.398. The van der Waals surface area contributed by atoms with Crippen LogP contribution in [0.4, 0.5) is 0 Å². The third-order valence-corrected chi connectivity index (χ3v) is 4.25. The van der Waals surface area contributed by atoms with E-state index in [2.05, 4.69) is 11.9 Å². The second kappa shape index (κ2) is 6.81. The van der Waals surface area contributed by atoms with Crippen molar-refractivity contribution in [3.63, 3.8) is 0 Å². The predicted molar refractivity (Wildman–Crippen MR) is 98.4 cm³/mol. The monoisotopic (exact) mass is 357 g/mol. The van der Waals surface area contributed by atoms with Gasteiger partial charge in [-0.15, -0.1) is 0 Å². The van der Waals surface area contributed by atoms with E-state index < -0.39 is 5.60 Å². The van der Waals surface area contributed by atoms with Gasteiger partial charge in [0.25, 0.3) is 0 Å². The van der Waals surface area contributed by atoms with Crippen LogP contribution in [0.2, 0.25) is 5.02 Å². The van der Waals surface area contributed by atoms with Crippen molar-refractivity contribution in [2.45, 2.75) is 31.9 Å². The third-order valence-electron chi connectivity index (χ3n) is 3.99. The number of carbonyl (C=O) groups is 1. The number of ether oxygens (including phenoxy) is 2. The molecular formula is C20H20ClNO3. The molecule has 0 fully saturated rings. The molecule has 0 radical (unpaired) electrons. The molecule has 1 heterocycles. The van der Waals surface area contributed by atoms with E-state index in [1.165, 1.54) is 6.08 Å². The van der Waals surface area contributed by atoms with Crippen molar-refractivity contribution >= 4 is 17.5 Å². The molecule has 5 heteroatoms. The summed E-state index contributed by atoms with van der Waals surface area (Å²) in [4.78, 5) is 11.7. The summed E-state index contributed by atoms with van der Waals surface area (Å²) in [7, 11) is 0. The molecule has 0 spiro atoms. The largest absolute Gasteiger partial charge is 0.487 e. The fourth-order valence-corrected chi connectivity index (χ4v) is 3.02. The van der Waals surface area contributed by atoms with Crippen molar-refractivity contribution in [1.29, 1.82) is 0 Å². The second-order valence-corrected chi connectivity index (χ2v) is 7.02. The Bertz CT molecular complexity index is 799. The number of carbonyl (C=O) groups excluding carboxylic acids is 1. The van der Waals surface area contributed by atoms with E-state index in [4.69, 9.17) is 21.1 Å². The summed E-state index contributed by atoms with van der Waals surface area (Å²) in [5.41, 5.74) is 0.531. The molecule has 25 heavy (non-hydrogen) atoms. The highest BCUT2D eigenvalue weighted by Crippen LogP contribution is 2.41. The number of nitrogens with one attached hydrogen (secondary N) is 1. The number of hydrogen-bond donors (Lipinski definition) is 1. The zero-order valence-electron chi connectivity index (χ0n) is 14.2. The molecule has 1 atom stereocenters. The first-order valence-electron chi connectivity index (χ1n) is 8.06. The molecule has 3 rings (SSSR count).